The van der Waals surface area contributed by atoms with Gasteiger partial charge in [-0.1, -0.05) is 13.8 Å². The Balaban J connectivity index is 2.78. The van der Waals surface area contributed by atoms with Gasteiger partial charge in [-0.15, -0.1) is 0 Å². The summed E-state index contributed by atoms with van der Waals surface area (Å²) in [5.41, 5.74) is 5.46. The van der Waals surface area contributed by atoms with Crippen LogP contribution in [0.5, 0.6) is 0 Å². The summed E-state index contributed by atoms with van der Waals surface area (Å²) in [7, 11) is 0. The van der Waals surface area contributed by atoms with E-state index in [0.717, 1.165) is 24.6 Å². The number of hydrogen-bond donors (Lipinski definition) is 3. The molecule has 1 aromatic rings. The van der Waals surface area contributed by atoms with Crippen molar-refractivity contribution in [2.45, 2.75) is 26.7 Å². The van der Waals surface area contributed by atoms with Gasteiger partial charge >= 0.3 is 5.97 Å². The van der Waals surface area contributed by atoms with Crippen LogP contribution in [-0.4, -0.2) is 23.5 Å². The van der Waals surface area contributed by atoms with Gasteiger partial charge in [0.15, 0.2) is 0 Å². The second-order valence-corrected chi connectivity index (χ2v) is 5.48. The molecule has 0 saturated carbocycles. The number of carbonyl (C=O) groups excluding carboxylic acids is 1. The van der Waals surface area contributed by atoms with Crippen LogP contribution in [-0.2, 0) is 4.79 Å². The normalized spacial score (nSPS) is 12.2. The smallest absolute Gasteiger partial charge is 0.337 e. The predicted molar refractivity (Wildman–Crippen MR) is 78.6 cm³/mol. The van der Waals surface area contributed by atoms with Crippen LogP contribution >= 0.6 is 0 Å². The lowest BCUT2D eigenvalue weighted by Gasteiger charge is -2.17. The van der Waals surface area contributed by atoms with E-state index in [9.17, 15) is 14.0 Å². The Bertz CT molecular complexity index is 518. The van der Waals surface area contributed by atoms with E-state index in [-0.39, 0.29) is 29.5 Å². The Hall–Kier alpha value is -1.95. The third-order valence-corrected chi connectivity index (χ3v) is 3.10. The number of carboxylic acid groups (broad SMARTS) is 1. The highest BCUT2D eigenvalue weighted by Crippen LogP contribution is 2.19. The van der Waals surface area contributed by atoms with Gasteiger partial charge in [0.25, 0.3) is 0 Å². The summed E-state index contributed by atoms with van der Waals surface area (Å²) in [6.07, 6.45) is 0.989. The molecule has 0 heterocycles. The van der Waals surface area contributed by atoms with Crippen LogP contribution in [0, 0.1) is 17.7 Å². The van der Waals surface area contributed by atoms with Gasteiger partial charge in [-0.25, -0.2) is 9.18 Å². The minimum Gasteiger partial charge on any atom is -0.478 e. The van der Waals surface area contributed by atoms with Crippen LogP contribution < -0.4 is 11.1 Å². The van der Waals surface area contributed by atoms with Crippen molar-refractivity contribution >= 4 is 17.6 Å². The van der Waals surface area contributed by atoms with Crippen molar-refractivity contribution in [1.29, 1.82) is 0 Å². The molecule has 1 amide bonds. The minimum absolute atomic E-state index is 0.0202. The Morgan fingerprint density at radius 1 is 1.38 bits per heavy atom. The molecule has 0 aromatic heterocycles. The second-order valence-electron chi connectivity index (χ2n) is 5.48. The Morgan fingerprint density at radius 3 is 2.57 bits per heavy atom. The van der Waals surface area contributed by atoms with Gasteiger partial charge < -0.3 is 16.2 Å². The second kappa shape index (κ2) is 7.73. The summed E-state index contributed by atoms with van der Waals surface area (Å²) in [6, 6.07) is 3.17. The summed E-state index contributed by atoms with van der Waals surface area (Å²) in [5, 5.41) is 11.5. The zero-order valence-electron chi connectivity index (χ0n) is 12.2. The lowest BCUT2D eigenvalue weighted by Crippen LogP contribution is -2.24. The molecule has 116 valence electrons. The zero-order valence-corrected chi connectivity index (χ0v) is 12.2. The average molecular weight is 296 g/mol. The van der Waals surface area contributed by atoms with Crippen LogP contribution in [0.1, 0.15) is 37.0 Å². The number of carboxylic acids is 1. The summed E-state index contributed by atoms with van der Waals surface area (Å²) in [5.74, 6) is -1.75. The standard InChI is InChI=1S/C15H21FN2O3/c1-9(2)5-10(8-17)6-14(19)18-13-7-11(16)3-4-12(13)15(20)21/h3-4,7,9-10H,5-6,8,17H2,1-2H3,(H,18,19)(H,20,21)/t10-/m0/s1. The number of aromatic carboxylic acids is 1. The molecule has 0 aliphatic rings. The number of amides is 1. The van der Waals surface area contributed by atoms with Crippen molar-refractivity contribution in [3.8, 4) is 0 Å². The molecule has 6 heteroatoms. The third-order valence-electron chi connectivity index (χ3n) is 3.10. The first-order chi connectivity index (χ1) is 9.83. The SMILES string of the molecule is CC(C)C[C@H](CN)CC(=O)Nc1cc(F)ccc1C(=O)O. The maximum absolute atomic E-state index is 13.2. The fraction of sp³-hybridized carbons (Fsp3) is 0.467. The maximum Gasteiger partial charge on any atom is 0.337 e. The molecule has 4 N–H and O–H groups in total. The molecule has 0 aliphatic heterocycles. The van der Waals surface area contributed by atoms with Crippen molar-refractivity contribution in [3.63, 3.8) is 0 Å². The van der Waals surface area contributed by atoms with E-state index < -0.39 is 11.8 Å². The zero-order chi connectivity index (χ0) is 16.0. The quantitative estimate of drug-likeness (QED) is 0.720. The summed E-state index contributed by atoms with van der Waals surface area (Å²) in [6.45, 7) is 4.45. The largest absolute Gasteiger partial charge is 0.478 e. The molecule has 1 aromatic carbocycles. The molecule has 0 spiro atoms. The maximum atomic E-state index is 13.2. The average Bonchev–Trinajstić information content (AvgIpc) is 2.36. The van der Waals surface area contributed by atoms with Gasteiger partial charge in [-0.3, -0.25) is 4.79 Å². The molecule has 1 atom stereocenters. The number of benzene rings is 1. The number of rotatable bonds is 7. The van der Waals surface area contributed by atoms with E-state index in [1.807, 2.05) is 13.8 Å². The monoisotopic (exact) mass is 296 g/mol. The van der Waals surface area contributed by atoms with E-state index in [4.69, 9.17) is 10.8 Å². The van der Waals surface area contributed by atoms with Crippen LogP contribution in [0.3, 0.4) is 0 Å². The molecule has 5 nitrogen and oxygen atoms in total. The van der Waals surface area contributed by atoms with Crippen LogP contribution in [0.25, 0.3) is 0 Å². The van der Waals surface area contributed by atoms with Crippen molar-refractivity contribution in [2.75, 3.05) is 11.9 Å². The number of anilines is 1. The molecule has 0 radical (unpaired) electrons. The predicted octanol–water partition coefficient (Wildman–Crippen LogP) is 2.47. The van der Waals surface area contributed by atoms with Gasteiger partial charge in [0, 0.05) is 6.42 Å². The first-order valence-corrected chi connectivity index (χ1v) is 6.86. The molecule has 0 bridgehead atoms. The fourth-order valence-corrected chi connectivity index (χ4v) is 2.20. The Kier molecular flexibility index (Phi) is 6.30. The molecule has 0 fully saturated rings. The third kappa shape index (κ3) is 5.51. The van der Waals surface area contributed by atoms with Crippen molar-refractivity contribution in [1.82, 2.24) is 0 Å². The van der Waals surface area contributed by atoms with Crippen LogP contribution in [0.4, 0.5) is 10.1 Å². The number of hydrogen-bond acceptors (Lipinski definition) is 3. The lowest BCUT2D eigenvalue weighted by atomic mass is 9.94. The molecule has 0 saturated heterocycles. The topological polar surface area (TPSA) is 92.4 Å². The Morgan fingerprint density at radius 2 is 2.05 bits per heavy atom. The highest BCUT2D eigenvalue weighted by atomic mass is 19.1. The first-order valence-electron chi connectivity index (χ1n) is 6.86. The van der Waals surface area contributed by atoms with Gasteiger partial charge in [-0.05, 0) is 43.0 Å². The molecule has 21 heavy (non-hydrogen) atoms. The number of nitrogens with one attached hydrogen (secondary N) is 1. The van der Waals surface area contributed by atoms with Gasteiger partial charge in [0.05, 0.1) is 11.3 Å². The van der Waals surface area contributed by atoms with Crippen LogP contribution in [0.2, 0.25) is 0 Å². The molecule has 0 unspecified atom stereocenters. The van der Waals surface area contributed by atoms with E-state index in [2.05, 4.69) is 5.32 Å². The lowest BCUT2D eigenvalue weighted by molar-refractivity contribution is -0.117. The molecular formula is C15H21FN2O3. The van der Waals surface area contributed by atoms with Gasteiger partial charge in [0.1, 0.15) is 5.82 Å². The summed E-state index contributed by atoms with van der Waals surface area (Å²) in [4.78, 5) is 23.0. The van der Waals surface area contributed by atoms with Crippen molar-refractivity contribution in [2.24, 2.45) is 17.6 Å². The van der Waals surface area contributed by atoms with Gasteiger partial charge in [0.2, 0.25) is 5.91 Å². The Labute approximate surface area is 123 Å². The van der Waals surface area contributed by atoms with Crippen molar-refractivity contribution < 1.29 is 19.1 Å². The number of nitrogens with two attached hydrogens (primary N) is 1. The first kappa shape index (κ1) is 17.1. The molecule has 1 rings (SSSR count). The molecule has 0 aliphatic carbocycles. The minimum atomic E-state index is -1.22. The highest BCUT2D eigenvalue weighted by Gasteiger charge is 2.17. The van der Waals surface area contributed by atoms with E-state index in [0.29, 0.717) is 12.5 Å². The summed E-state index contributed by atoms with van der Waals surface area (Å²) < 4.78 is 13.2. The van der Waals surface area contributed by atoms with E-state index in [1.165, 1.54) is 0 Å². The van der Waals surface area contributed by atoms with Gasteiger partial charge in [-0.2, -0.15) is 0 Å². The molecular weight excluding hydrogens is 275 g/mol. The number of carbonyl (C=O) groups is 2. The summed E-state index contributed by atoms with van der Waals surface area (Å²) >= 11 is 0. The van der Waals surface area contributed by atoms with Crippen molar-refractivity contribution in [3.05, 3.63) is 29.6 Å². The fourth-order valence-electron chi connectivity index (χ4n) is 2.20. The highest BCUT2D eigenvalue weighted by molar-refractivity contribution is 6.00. The van der Waals surface area contributed by atoms with E-state index in [1.54, 1.807) is 0 Å². The number of halogens is 1. The van der Waals surface area contributed by atoms with Crippen LogP contribution in [0.15, 0.2) is 18.2 Å². The van der Waals surface area contributed by atoms with E-state index >= 15 is 0 Å².